The van der Waals surface area contributed by atoms with Gasteiger partial charge in [0.15, 0.2) is 17.0 Å². The van der Waals surface area contributed by atoms with Crippen LogP contribution in [0.15, 0.2) is 35.6 Å². The van der Waals surface area contributed by atoms with Gasteiger partial charge >= 0.3 is 12.0 Å². The summed E-state index contributed by atoms with van der Waals surface area (Å²) in [7, 11) is 0. The van der Waals surface area contributed by atoms with Crippen molar-refractivity contribution >= 4 is 29.7 Å². The number of imidazole rings is 1. The fraction of sp³-hybridized carbons (Fsp3) is 0.294. The molecule has 0 saturated carbocycles. The van der Waals surface area contributed by atoms with Gasteiger partial charge in [0.1, 0.15) is 5.82 Å². The van der Waals surface area contributed by atoms with E-state index in [9.17, 15) is 18.8 Å². The molecule has 0 aliphatic carbocycles. The van der Waals surface area contributed by atoms with Crippen molar-refractivity contribution in [3.8, 4) is 5.69 Å². The standard InChI is InChI=1S/C17H19FN4O4S/c1-9(2)13(14(23)21-16(19)25)26-15(24)12-8-20-17(27-3)22(12)11-6-4-10(18)5-7-11/h4-9,13H,1-3H3,(H3,19,21,23,25)/t13-/m1/s1. The number of aromatic nitrogens is 2. The second kappa shape index (κ2) is 8.67. The van der Waals surface area contributed by atoms with Crippen LogP contribution < -0.4 is 11.1 Å². The number of urea groups is 1. The third kappa shape index (κ3) is 4.85. The first kappa shape index (κ1) is 20.4. The van der Waals surface area contributed by atoms with Crippen LogP contribution in [-0.2, 0) is 9.53 Å². The number of primary amides is 1. The summed E-state index contributed by atoms with van der Waals surface area (Å²) in [5.41, 5.74) is 5.51. The van der Waals surface area contributed by atoms with Gasteiger partial charge in [-0.05, 0) is 36.4 Å². The molecule has 8 nitrogen and oxygen atoms in total. The van der Waals surface area contributed by atoms with Crippen molar-refractivity contribution in [2.75, 3.05) is 6.26 Å². The number of rotatable bonds is 6. The fourth-order valence-corrected chi connectivity index (χ4v) is 2.87. The molecule has 3 N–H and O–H groups in total. The molecule has 1 aromatic heterocycles. The normalized spacial score (nSPS) is 11.9. The van der Waals surface area contributed by atoms with E-state index in [1.54, 1.807) is 20.1 Å². The van der Waals surface area contributed by atoms with Crippen molar-refractivity contribution in [1.82, 2.24) is 14.9 Å². The molecule has 0 spiro atoms. The summed E-state index contributed by atoms with van der Waals surface area (Å²) in [4.78, 5) is 39.8. The van der Waals surface area contributed by atoms with Crippen molar-refractivity contribution < 1.29 is 23.5 Å². The van der Waals surface area contributed by atoms with Crippen LogP contribution in [0, 0.1) is 11.7 Å². The topological polar surface area (TPSA) is 116 Å². The number of thioether (sulfide) groups is 1. The summed E-state index contributed by atoms with van der Waals surface area (Å²) in [5, 5.41) is 2.39. The van der Waals surface area contributed by atoms with E-state index < -0.39 is 35.7 Å². The largest absolute Gasteiger partial charge is 0.447 e. The van der Waals surface area contributed by atoms with Crippen molar-refractivity contribution in [1.29, 1.82) is 0 Å². The van der Waals surface area contributed by atoms with Crippen molar-refractivity contribution in [2.45, 2.75) is 25.1 Å². The number of nitrogens with one attached hydrogen (secondary N) is 1. The minimum absolute atomic E-state index is 0.0588. The van der Waals surface area contributed by atoms with Gasteiger partial charge in [0.2, 0.25) is 0 Å². The number of amides is 3. The molecule has 0 fully saturated rings. The van der Waals surface area contributed by atoms with E-state index >= 15 is 0 Å². The molecule has 0 bridgehead atoms. The van der Waals surface area contributed by atoms with Crippen molar-refractivity contribution in [2.24, 2.45) is 11.7 Å². The lowest BCUT2D eigenvalue weighted by Gasteiger charge is -2.20. The molecule has 0 saturated heterocycles. The third-order valence-electron chi connectivity index (χ3n) is 3.55. The van der Waals surface area contributed by atoms with Crippen LogP contribution >= 0.6 is 11.8 Å². The summed E-state index contributed by atoms with van der Waals surface area (Å²) in [6.07, 6.45) is 1.86. The second-order valence-corrected chi connectivity index (χ2v) is 6.64. The average molecular weight is 394 g/mol. The fourth-order valence-electron chi connectivity index (χ4n) is 2.32. The summed E-state index contributed by atoms with van der Waals surface area (Å²) >= 11 is 1.28. The zero-order valence-corrected chi connectivity index (χ0v) is 15.7. The lowest BCUT2D eigenvalue weighted by atomic mass is 10.1. The highest BCUT2D eigenvalue weighted by Crippen LogP contribution is 2.23. The second-order valence-electron chi connectivity index (χ2n) is 5.87. The maximum absolute atomic E-state index is 13.2. The highest BCUT2D eigenvalue weighted by molar-refractivity contribution is 7.98. The van der Waals surface area contributed by atoms with Crippen LogP contribution in [0.5, 0.6) is 0 Å². The van der Waals surface area contributed by atoms with E-state index in [2.05, 4.69) is 4.98 Å². The molecule has 144 valence electrons. The smallest absolute Gasteiger partial charge is 0.357 e. The quantitative estimate of drug-likeness (QED) is 0.573. The zero-order valence-electron chi connectivity index (χ0n) is 14.9. The summed E-state index contributed by atoms with van der Waals surface area (Å²) in [6.45, 7) is 3.31. The van der Waals surface area contributed by atoms with E-state index in [4.69, 9.17) is 10.5 Å². The Bertz CT molecular complexity index is 851. The SMILES string of the molecule is CSc1ncc(C(=O)O[C@@H](C(=O)NC(N)=O)C(C)C)n1-c1ccc(F)cc1. The van der Waals surface area contributed by atoms with E-state index in [0.29, 0.717) is 10.8 Å². The number of esters is 1. The number of imide groups is 1. The number of nitrogens with two attached hydrogens (primary N) is 1. The summed E-state index contributed by atoms with van der Waals surface area (Å²) in [6, 6.07) is 4.46. The average Bonchev–Trinajstić information content (AvgIpc) is 3.03. The molecule has 0 radical (unpaired) electrons. The Morgan fingerprint density at radius 2 is 1.89 bits per heavy atom. The molecule has 1 aromatic carbocycles. The number of hydrogen-bond acceptors (Lipinski definition) is 6. The van der Waals surface area contributed by atoms with Gasteiger partial charge in [-0.2, -0.15) is 0 Å². The highest BCUT2D eigenvalue weighted by Gasteiger charge is 2.30. The predicted octanol–water partition coefficient (Wildman–Crippen LogP) is 2.11. The van der Waals surface area contributed by atoms with Gasteiger partial charge in [-0.1, -0.05) is 25.6 Å². The maximum Gasteiger partial charge on any atom is 0.357 e. The molecular formula is C17H19FN4O4S. The number of carbonyl (C=O) groups is 3. The Hall–Kier alpha value is -2.88. The minimum Gasteiger partial charge on any atom is -0.447 e. The lowest BCUT2D eigenvalue weighted by Crippen LogP contribution is -2.45. The number of ether oxygens (including phenoxy) is 1. The van der Waals surface area contributed by atoms with Gasteiger partial charge in [0.05, 0.1) is 6.20 Å². The Labute approximate surface area is 159 Å². The molecule has 1 heterocycles. The lowest BCUT2D eigenvalue weighted by molar-refractivity contribution is -0.130. The predicted molar refractivity (Wildman–Crippen MR) is 97.1 cm³/mol. The Morgan fingerprint density at radius 3 is 2.41 bits per heavy atom. The monoisotopic (exact) mass is 394 g/mol. The number of halogens is 1. The Balaban J connectivity index is 2.35. The number of carbonyl (C=O) groups excluding carboxylic acids is 3. The molecule has 2 rings (SSSR count). The Kier molecular flexibility index (Phi) is 6.56. The van der Waals surface area contributed by atoms with E-state index in [1.807, 2.05) is 5.32 Å². The van der Waals surface area contributed by atoms with Crippen LogP contribution in [-0.4, -0.2) is 39.8 Å². The highest BCUT2D eigenvalue weighted by atomic mass is 32.2. The minimum atomic E-state index is -1.22. The number of benzene rings is 1. The number of hydrogen-bond donors (Lipinski definition) is 2. The van der Waals surface area contributed by atoms with Gasteiger partial charge in [-0.3, -0.25) is 14.7 Å². The van der Waals surface area contributed by atoms with Gasteiger partial charge < -0.3 is 10.5 Å². The van der Waals surface area contributed by atoms with Gasteiger partial charge in [-0.25, -0.2) is 19.0 Å². The maximum atomic E-state index is 13.2. The molecular weight excluding hydrogens is 375 g/mol. The molecule has 0 aliphatic heterocycles. The van der Waals surface area contributed by atoms with E-state index in [1.165, 1.54) is 46.8 Å². The van der Waals surface area contributed by atoms with Crippen LogP contribution in [0.3, 0.4) is 0 Å². The van der Waals surface area contributed by atoms with E-state index in [0.717, 1.165) is 0 Å². The molecule has 10 heteroatoms. The van der Waals surface area contributed by atoms with Crippen LogP contribution in [0.25, 0.3) is 5.69 Å². The van der Waals surface area contributed by atoms with Gasteiger partial charge in [0.25, 0.3) is 5.91 Å². The van der Waals surface area contributed by atoms with E-state index in [-0.39, 0.29) is 5.69 Å². The first-order valence-corrected chi connectivity index (χ1v) is 9.16. The van der Waals surface area contributed by atoms with Crippen molar-refractivity contribution in [3.63, 3.8) is 0 Å². The van der Waals surface area contributed by atoms with Crippen LogP contribution in [0.1, 0.15) is 24.3 Å². The van der Waals surface area contributed by atoms with Crippen molar-refractivity contribution in [3.05, 3.63) is 42.0 Å². The molecule has 0 aliphatic rings. The molecule has 3 amide bonds. The first-order valence-electron chi connectivity index (χ1n) is 7.93. The Morgan fingerprint density at radius 1 is 1.26 bits per heavy atom. The molecule has 2 aromatic rings. The van der Waals surface area contributed by atoms with Gasteiger partial charge in [0, 0.05) is 5.69 Å². The molecule has 0 unspecified atom stereocenters. The van der Waals surface area contributed by atoms with Crippen LogP contribution in [0.2, 0.25) is 0 Å². The van der Waals surface area contributed by atoms with Gasteiger partial charge in [-0.15, -0.1) is 0 Å². The zero-order chi connectivity index (χ0) is 20.1. The van der Waals surface area contributed by atoms with Crippen LogP contribution in [0.4, 0.5) is 9.18 Å². The first-order chi connectivity index (χ1) is 12.7. The summed E-state index contributed by atoms with van der Waals surface area (Å²) < 4.78 is 20.0. The third-order valence-corrected chi connectivity index (χ3v) is 4.20. The summed E-state index contributed by atoms with van der Waals surface area (Å²) in [5.74, 6) is -2.46. The molecule has 27 heavy (non-hydrogen) atoms. The molecule has 1 atom stereocenters. The number of nitrogens with zero attached hydrogens (tertiary/aromatic N) is 2.